The molecule has 1 amide bonds. The summed E-state index contributed by atoms with van der Waals surface area (Å²) in [7, 11) is 0. The summed E-state index contributed by atoms with van der Waals surface area (Å²) in [5, 5.41) is 3.23. The van der Waals surface area contributed by atoms with Crippen molar-refractivity contribution in [2.45, 2.75) is 31.8 Å². The molecule has 2 aromatic heterocycles. The monoisotopic (exact) mass is 393 g/mol. The molecule has 0 unspecified atom stereocenters. The van der Waals surface area contributed by atoms with Gasteiger partial charge >= 0.3 is 0 Å². The summed E-state index contributed by atoms with van der Waals surface area (Å²) in [6.07, 6.45) is 4.15. The summed E-state index contributed by atoms with van der Waals surface area (Å²) in [6, 6.07) is 14.4. The van der Waals surface area contributed by atoms with Crippen LogP contribution in [-0.4, -0.2) is 40.4 Å². The first-order valence-corrected chi connectivity index (χ1v) is 10.6. The molecule has 0 spiro atoms. The minimum atomic E-state index is -0.113. The summed E-state index contributed by atoms with van der Waals surface area (Å²) < 4.78 is 10.0. The molecule has 5 nitrogen and oxygen atoms in total. The Morgan fingerprint density at radius 3 is 2.54 bits per heavy atom. The summed E-state index contributed by atoms with van der Waals surface area (Å²) in [4.78, 5) is 16.4. The van der Waals surface area contributed by atoms with Crippen LogP contribution < -0.4 is 5.32 Å². The van der Waals surface area contributed by atoms with Crippen molar-refractivity contribution in [3.8, 4) is 21.8 Å². The number of carbonyl (C=O) groups excluding carboxylic acids is 1. The van der Waals surface area contributed by atoms with Crippen LogP contribution in [0.4, 0.5) is 0 Å². The molecule has 6 rings (SSSR count). The maximum Gasteiger partial charge on any atom is 0.287 e. The Bertz CT molecular complexity index is 954. The topological polar surface area (TPSA) is 58.4 Å². The van der Waals surface area contributed by atoms with Gasteiger partial charge in [0, 0.05) is 23.8 Å². The average Bonchev–Trinajstić information content (AvgIpc) is 3.43. The first-order chi connectivity index (χ1) is 13.7. The lowest BCUT2D eigenvalue weighted by molar-refractivity contribution is 0.0211. The number of furan rings is 1. The van der Waals surface area contributed by atoms with Crippen molar-refractivity contribution in [3.05, 3.63) is 54.4 Å². The Morgan fingerprint density at radius 2 is 1.86 bits per heavy atom. The van der Waals surface area contributed by atoms with E-state index in [1.807, 2.05) is 24.3 Å². The molecule has 28 heavy (non-hydrogen) atoms. The zero-order valence-corrected chi connectivity index (χ0v) is 16.6. The number of amides is 1. The van der Waals surface area contributed by atoms with E-state index < -0.39 is 0 Å². The van der Waals surface area contributed by atoms with Gasteiger partial charge in [-0.15, -0.1) is 0 Å². The number of piperidine rings is 3. The van der Waals surface area contributed by atoms with E-state index in [0.29, 0.717) is 23.5 Å². The van der Waals surface area contributed by atoms with Crippen molar-refractivity contribution in [1.29, 1.82) is 0 Å². The average molecular weight is 394 g/mol. The zero-order valence-electron chi connectivity index (χ0n) is 15.8. The Labute approximate surface area is 168 Å². The first kappa shape index (κ1) is 17.6. The maximum absolute atomic E-state index is 12.8. The molecular weight excluding hydrogens is 370 g/mol. The fraction of sp³-hybridized carbons (Fsp3) is 0.364. The van der Waals surface area contributed by atoms with Crippen molar-refractivity contribution in [2.24, 2.45) is 5.92 Å². The van der Waals surface area contributed by atoms with Crippen LogP contribution in [0.1, 0.15) is 30.3 Å². The van der Waals surface area contributed by atoms with Crippen molar-refractivity contribution in [3.63, 3.8) is 0 Å². The minimum Gasteiger partial charge on any atom is -0.451 e. The van der Waals surface area contributed by atoms with Crippen molar-refractivity contribution in [1.82, 2.24) is 14.6 Å². The molecule has 3 aliphatic heterocycles. The lowest BCUT2D eigenvalue weighted by atomic mass is 9.79. The second-order valence-corrected chi connectivity index (χ2v) is 8.56. The fourth-order valence-corrected chi connectivity index (χ4v) is 5.14. The summed E-state index contributed by atoms with van der Waals surface area (Å²) in [6.45, 7) is 4.52. The first-order valence-electron chi connectivity index (χ1n) is 9.85. The number of aromatic nitrogens is 1. The maximum atomic E-state index is 12.8. The molecule has 2 atom stereocenters. The quantitative estimate of drug-likeness (QED) is 0.719. The highest BCUT2D eigenvalue weighted by molar-refractivity contribution is 7.09. The van der Waals surface area contributed by atoms with Gasteiger partial charge in [-0.2, -0.15) is 0 Å². The third kappa shape index (κ3) is 3.16. The summed E-state index contributed by atoms with van der Waals surface area (Å²) >= 11 is 1.48. The van der Waals surface area contributed by atoms with Crippen LogP contribution in [0.3, 0.4) is 0 Å². The van der Waals surface area contributed by atoms with Crippen molar-refractivity contribution in [2.75, 3.05) is 13.1 Å². The number of fused-ring (bicyclic) bond motifs is 3. The number of nitrogens with one attached hydrogen (secondary N) is 1. The Kier molecular flexibility index (Phi) is 4.53. The smallest absolute Gasteiger partial charge is 0.287 e. The molecule has 0 saturated carbocycles. The van der Waals surface area contributed by atoms with Crippen molar-refractivity contribution < 1.29 is 9.21 Å². The lowest BCUT2D eigenvalue weighted by Crippen LogP contribution is -2.62. The SMILES string of the molecule is C[C@H]1[C@H](NC(=O)c2ccc(-c3ccc(-c4ccns4)cc3)o2)C2CCN1CC2. The largest absolute Gasteiger partial charge is 0.451 e. The van der Waals surface area contributed by atoms with E-state index in [0.717, 1.165) is 29.1 Å². The summed E-state index contributed by atoms with van der Waals surface area (Å²) in [5.74, 6) is 1.56. The Morgan fingerprint density at radius 1 is 1.11 bits per heavy atom. The highest BCUT2D eigenvalue weighted by atomic mass is 32.1. The molecule has 144 valence electrons. The van der Waals surface area contributed by atoms with Gasteiger partial charge in [-0.05, 0) is 74.1 Å². The van der Waals surface area contributed by atoms with E-state index in [9.17, 15) is 4.79 Å². The van der Waals surface area contributed by atoms with E-state index in [1.165, 1.54) is 24.4 Å². The lowest BCUT2D eigenvalue weighted by Gasteiger charge is -2.49. The number of hydrogen-bond acceptors (Lipinski definition) is 5. The second-order valence-electron chi connectivity index (χ2n) is 7.73. The predicted molar refractivity (Wildman–Crippen MR) is 110 cm³/mol. The summed E-state index contributed by atoms with van der Waals surface area (Å²) in [5.41, 5.74) is 2.09. The molecule has 3 saturated heterocycles. The van der Waals surface area contributed by atoms with Gasteiger partial charge in [0.1, 0.15) is 5.76 Å². The van der Waals surface area contributed by atoms with E-state index in [1.54, 1.807) is 12.3 Å². The number of rotatable bonds is 4. The molecule has 3 aliphatic rings. The molecule has 1 N–H and O–H groups in total. The Hall–Kier alpha value is -2.44. The number of benzene rings is 1. The Balaban J connectivity index is 1.30. The standard InChI is InChI=1S/C22H23N3O2S/c1-14-21(17-9-12-25(14)13-10-17)24-22(26)19-7-6-18(27-19)15-2-4-16(5-3-15)20-8-11-23-28-20/h2-8,11,14,17,21H,9-10,12-13H2,1H3,(H,24,26)/t14-,21-/m0/s1. The molecule has 1 aromatic carbocycles. The van der Waals surface area contributed by atoms with Crippen LogP contribution in [0.5, 0.6) is 0 Å². The van der Waals surface area contributed by atoms with Gasteiger partial charge in [-0.3, -0.25) is 9.69 Å². The van der Waals surface area contributed by atoms with Gasteiger partial charge in [0.25, 0.3) is 5.91 Å². The molecule has 0 aliphatic carbocycles. The molecule has 5 heterocycles. The van der Waals surface area contributed by atoms with E-state index in [-0.39, 0.29) is 11.9 Å². The van der Waals surface area contributed by atoms with E-state index in [4.69, 9.17) is 4.42 Å². The molecule has 6 heteroatoms. The van der Waals surface area contributed by atoms with Crippen LogP contribution in [0.2, 0.25) is 0 Å². The molecular formula is C22H23N3O2S. The molecule has 3 aromatic rings. The fourth-order valence-electron chi connectivity index (χ4n) is 4.55. The van der Waals surface area contributed by atoms with Gasteiger partial charge in [-0.1, -0.05) is 24.3 Å². The number of hydrogen-bond donors (Lipinski definition) is 1. The molecule has 0 radical (unpaired) electrons. The molecule has 3 fully saturated rings. The minimum absolute atomic E-state index is 0.113. The third-order valence-electron chi connectivity index (χ3n) is 6.20. The third-order valence-corrected chi connectivity index (χ3v) is 6.99. The number of nitrogens with zero attached hydrogens (tertiary/aromatic N) is 2. The van der Waals surface area contributed by atoms with Crippen LogP contribution in [0.25, 0.3) is 21.8 Å². The van der Waals surface area contributed by atoms with Crippen molar-refractivity contribution >= 4 is 17.4 Å². The van der Waals surface area contributed by atoms with Gasteiger partial charge < -0.3 is 9.73 Å². The van der Waals surface area contributed by atoms with Crippen LogP contribution in [0.15, 0.2) is 53.1 Å². The van der Waals surface area contributed by atoms with Gasteiger partial charge in [0.05, 0.1) is 4.88 Å². The van der Waals surface area contributed by atoms with Gasteiger partial charge in [-0.25, -0.2) is 4.37 Å². The highest BCUT2D eigenvalue weighted by Crippen LogP contribution is 2.33. The van der Waals surface area contributed by atoms with Gasteiger partial charge in [0.2, 0.25) is 0 Å². The van der Waals surface area contributed by atoms with Crippen LogP contribution >= 0.6 is 11.5 Å². The van der Waals surface area contributed by atoms with Crippen LogP contribution in [-0.2, 0) is 0 Å². The second kappa shape index (κ2) is 7.18. The molecule has 2 bridgehead atoms. The zero-order chi connectivity index (χ0) is 19.1. The number of carbonyl (C=O) groups is 1. The van der Waals surface area contributed by atoms with Gasteiger partial charge in [0.15, 0.2) is 5.76 Å². The predicted octanol–water partition coefficient (Wildman–Crippen LogP) is 4.28. The van der Waals surface area contributed by atoms with E-state index >= 15 is 0 Å². The highest BCUT2D eigenvalue weighted by Gasteiger charge is 2.40. The van der Waals surface area contributed by atoms with Crippen LogP contribution in [0, 0.1) is 5.92 Å². The normalized spacial score (nSPS) is 26.3. The van der Waals surface area contributed by atoms with E-state index in [2.05, 4.69) is 33.6 Å².